The zero-order chi connectivity index (χ0) is 21.3. The predicted molar refractivity (Wildman–Crippen MR) is 98.2 cm³/mol. The number of aromatic nitrogens is 2. The van der Waals surface area contributed by atoms with E-state index in [2.05, 4.69) is 5.10 Å². The topological polar surface area (TPSA) is 85.4 Å². The number of anilines is 1. The summed E-state index contributed by atoms with van der Waals surface area (Å²) in [6.45, 7) is 2.14. The van der Waals surface area contributed by atoms with Crippen LogP contribution in [0.2, 0.25) is 0 Å². The predicted octanol–water partition coefficient (Wildman–Crippen LogP) is 1.94. The average molecular weight is 407 g/mol. The normalized spacial score (nSPS) is 17.3. The molecule has 7 nitrogen and oxygen atoms in total. The maximum atomic E-state index is 13.3. The summed E-state index contributed by atoms with van der Waals surface area (Å²) < 4.78 is 41.4. The first-order valence-electron chi connectivity index (χ1n) is 8.94. The lowest BCUT2D eigenvalue weighted by atomic mass is 10.0. The Kier molecular flexibility index (Phi) is 5.53. The molecule has 0 bridgehead atoms. The van der Waals surface area contributed by atoms with Crippen LogP contribution in [0, 0.1) is 18.3 Å². The smallest absolute Gasteiger partial charge is 0.394 e. The molecule has 1 aromatic heterocycles. The number of nitriles is 1. The van der Waals surface area contributed by atoms with E-state index < -0.39 is 23.3 Å². The Morgan fingerprint density at radius 2 is 2.07 bits per heavy atom. The van der Waals surface area contributed by atoms with Gasteiger partial charge in [0, 0.05) is 38.1 Å². The number of nitrogens with zero attached hydrogens (tertiary/aromatic N) is 5. The Labute approximate surface area is 165 Å². The van der Waals surface area contributed by atoms with Crippen molar-refractivity contribution in [1.29, 1.82) is 5.26 Å². The first-order valence-corrected chi connectivity index (χ1v) is 8.94. The molecule has 0 radical (unpaired) electrons. The van der Waals surface area contributed by atoms with Crippen LogP contribution >= 0.6 is 0 Å². The van der Waals surface area contributed by atoms with Crippen LogP contribution in [-0.2, 0) is 13.2 Å². The highest BCUT2D eigenvalue weighted by atomic mass is 19.4. The van der Waals surface area contributed by atoms with Gasteiger partial charge in [-0.2, -0.15) is 23.5 Å². The molecule has 2 aromatic rings. The van der Waals surface area contributed by atoms with Crippen LogP contribution in [0.4, 0.5) is 18.9 Å². The van der Waals surface area contributed by atoms with Gasteiger partial charge in [0.05, 0.1) is 29.8 Å². The average Bonchev–Trinajstić information content (AvgIpc) is 3.04. The van der Waals surface area contributed by atoms with E-state index in [1.54, 1.807) is 28.8 Å². The van der Waals surface area contributed by atoms with Gasteiger partial charge in [-0.05, 0) is 31.2 Å². The Morgan fingerprint density at radius 1 is 1.34 bits per heavy atom. The number of carbonyl (C=O) groups excluding carboxylic acids is 1. The van der Waals surface area contributed by atoms with E-state index in [1.807, 2.05) is 6.92 Å². The first-order chi connectivity index (χ1) is 13.7. The molecule has 1 fully saturated rings. The third-order valence-electron chi connectivity index (χ3n) is 5.07. The fourth-order valence-electron chi connectivity index (χ4n) is 3.41. The molecule has 1 N–H and O–H groups in total. The Balaban J connectivity index is 1.83. The minimum absolute atomic E-state index is 0.145. The van der Waals surface area contributed by atoms with Crippen molar-refractivity contribution in [3.63, 3.8) is 0 Å². The molecule has 1 amide bonds. The molecule has 3 rings (SSSR count). The molecule has 1 aliphatic heterocycles. The quantitative estimate of drug-likeness (QED) is 0.841. The standard InChI is InChI=1S/C19H20F3N5O2/c1-12-7-17(24-25(12)2)18(29)26-5-6-27(15(10-26)11-28)14-4-3-13(9-23)16(8-14)19(20,21)22/h3-4,7-8,15,28H,5-6,10-11H2,1-2H3. The van der Waals surface area contributed by atoms with Crippen molar-refractivity contribution in [2.75, 3.05) is 31.1 Å². The number of amides is 1. The van der Waals surface area contributed by atoms with Gasteiger partial charge in [-0.1, -0.05) is 0 Å². The van der Waals surface area contributed by atoms with Crippen molar-refractivity contribution in [3.8, 4) is 6.07 Å². The first kappa shape index (κ1) is 20.7. The molecular weight excluding hydrogens is 387 g/mol. The number of aliphatic hydroxyl groups excluding tert-OH is 1. The summed E-state index contributed by atoms with van der Waals surface area (Å²) in [6.07, 6.45) is -4.66. The minimum atomic E-state index is -4.66. The highest BCUT2D eigenvalue weighted by molar-refractivity contribution is 5.92. The van der Waals surface area contributed by atoms with E-state index in [0.29, 0.717) is 0 Å². The number of piperazine rings is 1. The fourth-order valence-corrected chi connectivity index (χ4v) is 3.41. The number of hydrogen-bond acceptors (Lipinski definition) is 5. The Morgan fingerprint density at radius 3 is 2.62 bits per heavy atom. The minimum Gasteiger partial charge on any atom is -0.394 e. The number of aliphatic hydroxyl groups is 1. The van der Waals surface area contributed by atoms with E-state index in [0.717, 1.165) is 17.8 Å². The van der Waals surface area contributed by atoms with Gasteiger partial charge >= 0.3 is 6.18 Å². The largest absolute Gasteiger partial charge is 0.417 e. The van der Waals surface area contributed by atoms with Gasteiger partial charge in [-0.15, -0.1) is 0 Å². The number of carbonyl (C=O) groups is 1. The summed E-state index contributed by atoms with van der Waals surface area (Å²) in [5.74, 6) is -0.289. The number of alkyl halides is 3. The van der Waals surface area contributed by atoms with E-state index in [-0.39, 0.29) is 43.5 Å². The van der Waals surface area contributed by atoms with Gasteiger partial charge in [0.2, 0.25) is 0 Å². The molecule has 0 saturated carbocycles. The highest BCUT2D eigenvalue weighted by Gasteiger charge is 2.36. The fraction of sp³-hybridized carbons (Fsp3) is 0.421. The molecule has 2 heterocycles. The van der Waals surface area contributed by atoms with Crippen molar-refractivity contribution in [2.45, 2.75) is 19.1 Å². The van der Waals surface area contributed by atoms with Crippen molar-refractivity contribution in [3.05, 3.63) is 46.8 Å². The second-order valence-electron chi connectivity index (χ2n) is 6.91. The zero-order valence-electron chi connectivity index (χ0n) is 15.9. The van der Waals surface area contributed by atoms with Gasteiger partial charge in [0.1, 0.15) is 0 Å². The highest BCUT2D eigenvalue weighted by Crippen LogP contribution is 2.35. The Bertz CT molecular complexity index is 944. The molecule has 154 valence electrons. The van der Waals surface area contributed by atoms with Crippen molar-refractivity contribution in [1.82, 2.24) is 14.7 Å². The number of benzene rings is 1. The van der Waals surface area contributed by atoms with Gasteiger partial charge < -0.3 is 14.9 Å². The third-order valence-corrected chi connectivity index (χ3v) is 5.07. The van der Waals surface area contributed by atoms with Crippen LogP contribution in [0.5, 0.6) is 0 Å². The van der Waals surface area contributed by atoms with Crippen molar-refractivity contribution in [2.24, 2.45) is 7.05 Å². The zero-order valence-corrected chi connectivity index (χ0v) is 15.9. The second-order valence-corrected chi connectivity index (χ2v) is 6.91. The van der Waals surface area contributed by atoms with Crippen LogP contribution in [0.25, 0.3) is 0 Å². The Hall–Kier alpha value is -3.06. The van der Waals surface area contributed by atoms with Gasteiger partial charge in [0.15, 0.2) is 5.69 Å². The monoisotopic (exact) mass is 407 g/mol. The van der Waals surface area contributed by atoms with E-state index in [1.165, 1.54) is 11.0 Å². The van der Waals surface area contributed by atoms with Gasteiger partial charge in [-0.25, -0.2) is 0 Å². The molecule has 0 aliphatic carbocycles. The summed E-state index contributed by atoms with van der Waals surface area (Å²) in [4.78, 5) is 15.9. The molecule has 1 aromatic carbocycles. The van der Waals surface area contributed by atoms with Crippen LogP contribution < -0.4 is 4.90 Å². The molecule has 29 heavy (non-hydrogen) atoms. The maximum Gasteiger partial charge on any atom is 0.417 e. The summed E-state index contributed by atoms with van der Waals surface area (Å²) in [7, 11) is 1.73. The molecule has 1 atom stereocenters. The summed E-state index contributed by atoms with van der Waals surface area (Å²) in [6, 6.07) is 6.11. The lowest BCUT2D eigenvalue weighted by Crippen LogP contribution is -2.56. The second kappa shape index (κ2) is 7.75. The molecular formula is C19H20F3N5O2. The SMILES string of the molecule is Cc1cc(C(=O)N2CCN(c3ccc(C#N)c(C(F)(F)F)c3)C(CO)C2)nn1C. The van der Waals surface area contributed by atoms with E-state index in [9.17, 15) is 23.1 Å². The third kappa shape index (κ3) is 4.05. The number of hydrogen-bond donors (Lipinski definition) is 1. The van der Waals surface area contributed by atoms with Crippen LogP contribution in [-0.4, -0.2) is 58.0 Å². The molecule has 1 aliphatic rings. The van der Waals surface area contributed by atoms with E-state index in [4.69, 9.17) is 5.26 Å². The lowest BCUT2D eigenvalue weighted by Gasteiger charge is -2.42. The molecule has 10 heteroatoms. The van der Waals surface area contributed by atoms with Gasteiger partial charge in [-0.3, -0.25) is 9.48 Å². The van der Waals surface area contributed by atoms with Gasteiger partial charge in [0.25, 0.3) is 5.91 Å². The number of rotatable bonds is 3. The van der Waals surface area contributed by atoms with E-state index >= 15 is 0 Å². The molecule has 1 unspecified atom stereocenters. The number of halogens is 3. The van der Waals surface area contributed by atoms with Crippen molar-refractivity contribution < 1.29 is 23.1 Å². The van der Waals surface area contributed by atoms with Crippen molar-refractivity contribution >= 4 is 11.6 Å². The van der Waals surface area contributed by atoms with Crippen LogP contribution in [0.1, 0.15) is 27.3 Å². The lowest BCUT2D eigenvalue weighted by molar-refractivity contribution is -0.137. The maximum absolute atomic E-state index is 13.3. The summed E-state index contributed by atoms with van der Waals surface area (Å²) in [5, 5.41) is 22.9. The van der Waals surface area contributed by atoms with Crippen LogP contribution in [0.15, 0.2) is 24.3 Å². The molecule has 1 saturated heterocycles. The molecule has 0 spiro atoms. The van der Waals surface area contributed by atoms with Crippen LogP contribution in [0.3, 0.4) is 0 Å². The number of aryl methyl sites for hydroxylation is 2. The summed E-state index contributed by atoms with van der Waals surface area (Å²) >= 11 is 0. The summed E-state index contributed by atoms with van der Waals surface area (Å²) in [5.41, 5.74) is -0.121.